The SMILES string of the molecule is CC(Oc1cccc(CCNCCOc2ccccc2)c1)C(=O)OC(C)(C)C. The maximum Gasteiger partial charge on any atom is 0.347 e. The largest absolute Gasteiger partial charge is 0.492 e. The number of para-hydroxylation sites is 1. The quantitative estimate of drug-likeness (QED) is 0.495. The lowest BCUT2D eigenvalue weighted by molar-refractivity contribution is -0.162. The van der Waals surface area contributed by atoms with Crippen molar-refractivity contribution in [2.24, 2.45) is 0 Å². The monoisotopic (exact) mass is 385 g/mol. The fourth-order valence-electron chi connectivity index (χ4n) is 2.53. The topological polar surface area (TPSA) is 56.8 Å². The van der Waals surface area contributed by atoms with Crippen molar-refractivity contribution in [1.29, 1.82) is 0 Å². The zero-order chi connectivity index (χ0) is 20.4. The molecule has 0 aromatic heterocycles. The number of esters is 1. The van der Waals surface area contributed by atoms with Gasteiger partial charge in [0, 0.05) is 6.54 Å². The van der Waals surface area contributed by atoms with Crippen molar-refractivity contribution in [2.75, 3.05) is 19.7 Å². The molecule has 0 spiro atoms. The van der Waals surface area contributed by atoms with Crippen molar-refractivity contribution in [1.82, 2.24) is 5.32 Å². The second-order valence-electron chi connectivity index (χ2n) is 7.60. The molecule has 2 aromatic carbocycles. The normalized spacial score (nSPS) is 12.3. The molecule has 5 nitrogen and oxygen atoms in total. The second-order valence-corrected chi connectivity index (χ2v) is 7.60. The zero-order valence-electron chi connectivity index (χ0n) is 17.2. The molecule has 0 aliphatic carbocycles. The highest BCUT2D eigenvalue weighted by Crippen LogP contribution is 2.17. The van der Waals surface area contributed by atoms with Crippen molar-refractivity contribution in [2.45, 2.75) is 45.8 Å². The number of carbonyl (C=O) groups is 1. The van der Waals surface area contributed by atoms with Gasteiger partial charge in [-0.3, -0.25) is 0 Å². The first kappa shape index (κ1) is 21.8. The lowest BCUT2D eigenvalue weighted by Gasteiger charge is -2.22. The average molecular weight is 386 g/mol. The van der Waals surface area contributed by atoms with Gasteiger partial charge in [-0.05, 0) is 70.5 Å². The maximum absolute atomic E-state index is 12.1. The highest BCUT2D eigenvalue weighted by molar-refractivity contribution is 5.75. The minimum Gasteiger partial charge on any atom is -0.492 e. The fourth-order valence-corrected chi connectivity index (χ4v) is 2.53. The molecule has 0 aliphatic heterocycles. The Kier molecular flexibility index (Phi) is 8.33. The van der Waals surface area contributed by atoms with E-state index >= 15 is 0 Å². The molecule has 0 saturated heterocycles. The molecule has 0 heterocycles. The second kappa shape index (κ2) is 10.7. The summed E-state index contributed by atoms with van der Waals surface area (Å²) in [6.45, 7) is 9.47. The van der Waals surface area contributed by atoms with Crippen molar-refractivity contribution in [3.63, 3.8) is 0 Å². The van der Waals surface area contributed by atoms with E-state index in [4.69, 9.17) is 14.2 Å². The Morgan fingerprint density at radius 2 is 1.71 bits per heavy atom. The summed E-state index contributed by atoms with van der Waals surface area (Å²) in [5, 5.41) is 3.37. The van der Waals surface area contributed by atoms with Crippen LogP contribution in [0.1, 0.15) is 33.3 Å². The highest BCUT2D eigenvalue weighted by Gasteiger charge is 2.23. The molecule has 5 heteroatoms. The molecule has 1 atom stereocenters. The first-order valence-electron chi connectivity index (χ1n) is 9.70. The average Bonchev–Trinajstić information content (AvgIpc) is 2.64. The van der Waals surface area contributed by atoms with E-state index in [9.17, 15) is 4.79 Å². The summed E-state index contributed by atoms with van der Waals surface area (Å²) in [5.41, 5.74) is 0.622. The van der Waals surface area contributed by atoms with Gasteiger partial charge in [0.25, 0.3) is 0 Å². The molecule has 0 aliphatic rings. The van der Waals surface area contributed by atoms with Crippen LogP contribution in [0.4, 0.5) is 0 Å². The van der Waals surface area contributed by atoms with E-state index in [1.165, 1.54) is 0 Å². The van der Waals surface area contributed by atoms with Crippen LogP contribution in [-0.2, 0) is 16.0 Å². The van der Waals surface area contributed by atoms with Crippen LogP contribution in [0.15, 0.2) is 54.6 Å². The van der Waals surface area contributed by atoms with Gasteiger partial charge in [0.2, 0.25) is 0 Å². The first-order chi connectivity index (χ1) is 13.3. The van der Waals surface area contributed by atoms with Crippen LogP contribution in [0.2, 0.25) is 0 Å². The molecule has 1 unspecified atom stereocenters. The summed E-state index contributed by atoms with van der Waals surface area (Å²) in [6.07, 6.45) is 0.214. The van der Waals surface area contributed by atoms with E-state index < -0.39 is 11.7 Å². The van der Waals surface area contributed by atoms with Crippen molar-refractivity contribution >= 4 is 5.97 Å². The molecule has 0 bridgehead atoms. The van der Waals surface area contributed by atoms with Crippen molar-refractivity contribution in [3.05, 3.63) is 60.2 Å². The van der Waals surface area contributed by atoms with Crippen molar-refractivity contribution in [3.8, 4) is 11.5 Å². The van der Waals surface area contributed by atoms with Crippen LogP contribution in [0.5, 0.6) is 11.5 Å². The maximum atomic E-state index is 12.1. The molecule has 1 N–H and O–H groups in total. The molecule has 0 amide bonds. The van der Waals surface area contributed by atoms with Crippen LogP contribution < -0.4 is 14.8 Å². The van der Waals surface area contributed by atoms with Gasteiger partial charge in [-0.1, -0.05) is 30.3 Å². The van der Waals surface area contributed by atoms with Gasteiger partial charge in [-0.2, -0.15) is 0 Å². The van der Waals surface area contributed by atoms with Gasteiger partial charge >= 0.3 is 5.97 Å². The number of rotatable bonds is 10. The molecule has 152 valence electrons. The van der Waals surface area contributed by atoms with E-state index in [0.717, 1.165) is 30.8 Å². The van der Waals surface area contributed by atoms with Gasteiger partial charge in [0.05, 0.1) is 0 Å². The lowest BCUT2D eigenvalue weighted by atomic mass is 10.1. The summed E-state index contributed by atoms with van der Waals surface area (Å²) >= 11 is 0. The third-order valence-electron chi connectivity index (χ3n) is 3.83. The van der Waals surface area contributed by atoms with E-state index in [1.54, 1.807) is 6.92 Å². The predicted molar refractivity (Wildman–Crippen MR) is 111 cm³/mol. The van der Waals surface area contributed by atoms with E-state index in [-0.39, 0.29) is 5.97 Å². The predicted octanol–water partition coefficient (Wildman–Crippen LogP) is 4.01. The molecule has 0 fully saturated rings. The third-order valence-corrected chi connectivity index (χ3v) is 3.83. The van der Waals surface area contributed by atoms with Crippen LogP contribution in [0, 0.1) is 0 Å². The summed E-state index contributed by atoms with van der Waals surface area (Å²) < 4.78 is 16.7. The van der Waals surface area contributed by atoms with E-state index in [2.05, 4.69) is 5.32 Å². The van der Waals surface area contributed by atoms with Gasteiger partial charge in [0.15, 0.2) is 6.10 Å². The number of nitrogens with one attached hydrogen (secondary N) is 1. The molecule has 0 saturated carbocycles. The Morgan fingerprint density at radius 3 is 2.43 bits per heavy atom. The van der Waals surface area contributed by atoms with Crippen LogP contribution in [0.3, 0.4) is 0 Å². The number of hydrogen-bond acceptors (Lipinski definition) is 5. The Balaban J connectivity index is 1.70. The van der Waals surface area contributed by atoms with Crippen LogP contribution in [-0.4, -0.2) is 37.4 Å². The van der Waals surface area contributed by atoms with E-state index in [1.807, 2.05) is 75.4 Å². The third kappa shape index (κ3) is 8.44. The Labute approximate surface area is 168 Å². The highest BCUT2D eigenvalue weighted by atomic mass is 16.6. The minimum atomic E-state index is -0.650. The zero-order valence-corrected chi connectivity index (χ0v) is 17.2. The summed E-state index contributed by atoms with van der Waals surface area (Å²) in [6, 6.07) is 17.6. The standard InChI is InChI=1S/C23H31NO4/c1-18(22(25)28-23(2,3)4)27-21-12-8-9-19(17-21)13-14-24-15-16-26-20-10-6-5-7-11-20/h5-12,17-18,24H,13-16H2,1-4H3. The summed E-state index contributed by atoms with van der Waals surface area (Å²) in [7, 11) is 0. The molecule has 2 aromatic rings. The van der Waals surface area contributed by atoms with Gasteiger partial charge in [-0.25, -0.2) is 4.79 Å². The number of benzene rings is 2. The summed E-state index contributed by atoms with van der Waals surface area (Å²) in [4.78, 5) is 12.1. The van der Waals surface area contributed by atoms with Crippen molar-refractivity contribution < 1.29 is 19.0 Å². The molecule has 0 radical (unpaired) electrons. The molecule has 28 heavy (non-hydrogen) atoms. The Bertz CT molecular complexity index is 725. The summed E-state index contributed by atoms with van der Waals surface area (Å²) in [5.74, 6) is 1.19. The number of ether oxygens (including phenoxy) is 3. The number of carbonyl (C=O) groups excluding carboxylic acids is 1. The van der Waals surface area contributed by atoms with E-state index in [0.29, 0.717) is 12.4 Å². The fraction of sp³-hybridized carbons (Fsp3) is 0.435. The number of hydrogen-bond donors (Lipinski definition) is 1. The molecular formula is C23H31NO4. The smallest absolute Gasteiger partial charge is 0.347 e. The Hall–Kier alpha value is -2.53. The van der Waals surface area contributed by atoms with Gasteiger partial charge in [0.1, 0.15) is 23.7 Å². The molecule has 2 rings (SSSR count). The van der Waals surface area contributed by atoms with Crippen LogP contribution in [0.25, 0.3) is 0 Å². The van der Waals surface area contributed by atoms with Gasteiger partial charge < -0.3 is 19.5 Å². The minimum absolute atomic E-state index is 0.363. The first-order valence-corrected chi connectivity index (χ1v) is 9.70. The van der Waals surface area contributed by atoms with Crippen LogP contribution >= 0.6 is 0 Å². The Morgan fingerprint density at radius 1 is 1.00 bits per heavy atom. The lowest BCUT2D eigenvalue weighted by Crippen LogP contribution is -2.33. The van der Waals surface area contributed by atoms with Gasteiger partial charge in [-0.15, -0.1) is 0 Å². The molecular weight excluding hydrogens is 354 g/mol.